The molecule has 1 heterocycles. The number of aliphatic hydroxyl groups excluding tert-OH is 1. The van der Waals surface area contributed by atoms with Gasteiger partial charge in [-0.05, 0) is 35.1 Å². The van der Waals surface area contributed by atoms with Crippen LogP contribution >= 0.6 is 24.0 Å². The second-order valence-corrected chi connectivity index (χ2v) is 4.68. The molecule has 1 aromatic carbocycles. The van der Waals surface area contributed by atoms with Gasteiger partial charge in [-0.3, -0.25) is 0 Å². The molecule has 2 aromatic rings. The van der Waals surface area contributed by atoms with Crippen molar-refractivity contribution in [3.63, 3.8) is 0 Å². The Morgan fingerprint density at radius 2 is 2.14 bits per heavy atom. The fourth-order valence-corrected chi connectivity index (χ4v) is 3.11. The van der Waals surface area contributed by atoms with E-state index in [2.05, 4.69) is 31.7 Å². The van der Waals surface area contributed by atoms with Crippen LogP contribution in [0.2, 0.25) is 0 Å². The predicted octanol–water partition coefficient (Wildman–Crippen LogP) is 3.24. The highest BCUT2D eigenvalue weighted by Crippen LogP contribution is 2.31. The van der Waals surface area contributed by atoms with Crippen molar-refractivity contribution in [3.05, 3.63) is 28.6 Å². The van der Waals surface area contributed by atoms with E-state index >= 15 is 0 Å². The highest BCUT2D eigenvalue weighted by molar-refractivity contribution is 7.80. The molecule has 0 saturated carbocycles. The fraction of sp³-hybridized carbons (Fsp3) is 0.273. The minimum absolute atomic E-state index is 0.124. The van der Waals surface area contributed by atoms with Crippen molar-refractivity contribution in [1.29, 1.82) is 0 Å². The summed E-state index contributed by atoms with van der Waals surface area (Å²) in [6.45, 7) is 2.25. The molecule has 0 saturated heterocycles. The highest BCUT2D eigenvalue weighted by Gasteiger charge is 2.08. The number of aryl methyl sites for hydroxylation is 1. The van der Waals surface area contributed by atoms with E-state index in [0.717, 1.165) is 16.9 Å². The second kappa shape index (κ2) is 3.93. The summed E-state index contributed by atoms with van der Waals surface area (Å²) in [4.78, 5) is 1.00. The van der Waals surface area contributed by atoms with E-state index in [9.17, 15) is 5.11 Å². The largest absolute Gasteiger partial charge is 0.392 e. The van der Waals surface area contributed by atoms with Gasteiger partial charge < -0.3 is 5.11 Å². The van der Waals surface area contributed by atoms with Crippen molar-refractivity contribution in [3.8, 4) is 0 Å². The quantitative estimate of drug-likeness (QED) is 0.750. The molecule has 0 aliphatic rings. The summed E-state index contributed by atoms with van der Waals surface area (Å²) in [5.74, 6) is 0. The van der Waals surface area contributed by atoms with Crippen LogP contribution < -0.4 is 0 Å². The van der Waals surface area contributed by atoms with Crippen molar-refractivity contribution in [2.45, 2.75) is 24.8 Å². The van der Waals surface area contributed by atoms with Crippen molar-refractivity contribution >= 4 is 34.1 Å². The summed E-state index contributed by atoms with van der Waals surface area (Å²) >= 11 is 6.04. The number of thiol groups is 1. The lowest BCUT2D eigenvalue weighted by Crippen LogP contribution is -1.86. The lowest BCUT2D eigenvalue weighted by Gasteiger charge is -2.03. The molecule has 1 nitrogen and oxygen atoms in total. The van der Waals surface area contributed by atoms with E-state index in [1.165, 1.54) is 15.6 Å². The summed E-state index contributed by atoms with van der Waals surface area (Å²) in [6, 6.07) is 4.14. The molecule has 0 spiro atoms. The van der Waals surface area contributed by atoms with Crippen LogP contribution in [-0.4, -0.2) is 5.11 Å². The number of hydrogen-bond acceptors (Lipinski definition) is 3. The Morgan fingerprint density at radius 1 is 1.36 bits per heavy atom. The maximum atomic E-state index is 9.20. The van der Waals surface area contributed by atoms with Crippen LogP contribution in [0.25, 0.3) is 10.1 Å². The van der Waals surface area contributed by atoms with Crippen LogP contribution in [0, 0.1) is 0 Å². The van der Waals surface area contributed by atoms with Crippen molar-refractivity contribution in [2.24, 2.45) is 0 Å². The van der Waals surface area contributed by atoms with Gasteiger partial charge in [0.1, 0.15) is 0 Å². The number of rotatable bonds is 2. The van der Waals surface area contributed by atoms with Gasteiger partial charge in [-0.2, -0.15) is 0 Å². The minimum atomic E-state index is 0.124. The van der Waals surface area contributed by atoms with Crippen LogP contribution in [0.5, 0.6) is 0 Å². The Kier molecular flexibility index (Phi) is 2.81. The summed E-state index contributed by atoms with van der Waals surface area (Å²) in [5, 5.41) is 12.4. The highest BCUT2D eigenvalue weighted by atomic mass is 32.1. The standard InChI is InChI=1S/C11H12OS2/c1-2-7-3-9(13)4-10-11(7)8(5-12)6-14-10/h3-4,6,12-13H,2,5H2,1H3. The van der Waals surface area contributed by atoms with Crippen LogP contribution in [0.15, 0.2) is 22.4 Å². The van der Waals surface area contributed by atoms with E-state index in [4.69, 9.17) is 0 Å². The van der Waals surface area contributed by atoms with Gasteiger partial charge in [-0.15, -0.1) is 24.0 Å². The molecule has 74 valence electrons. The molecule has 0 aliphatic carbocycles. The van der Waals surface area contributed by atoms with Gasteiger partial charge in [0, 0.05) is 15.0 Å². The molecule has 0 radical (unpaired) electrons. The third kappa shape index (κ3) is 1.56. The van der Waals surface area contributed by atoms with Crippen molar-refractivity contribution < 1.29 is 5.11 Å². The van der Waals surface area contributed by atoms with Crippen LogP contribution in [0.4, 0.5) is 0 Å². The third-order valence-electron chi connectivity index (χ3n) is 2.37. The van der Waals surface area contributed by atoms with Crippen molar-refractivity contribution in [1.82, 2.24) is 0 Å². The molecule has 1 aromatic heterocycles. The molecule has 0 aliphatic heterocycles. The number of benzene rings is 1. The molecular weight excluding hydrogens is 212 g/mol. The average molecular weight is 224 g/mol. The molecule has 14 heavy (non-hydrogen) atoms. The van der Waals surface area contributed by atoms with E-state index in [1.54, 1.807) is 11.3 Å². The SMILES string of the molecule is CCc1cc(S)cc2scc(CO)c12. The summed E-state index contributed by atoms with van der Waals surface area (Å²) in [5.41, 5.74) is 2.31. The smallest absolute Gasteiger partial charge is 0.0696 e. The molecule has 2 rings (SSSR count). The Labute approximate surface area is 92.8 Å². The van der Waals surface area contributed by atoms with E-state index in [1.807, 2.05) is 5.38 Å². The fourth-order valence-electron chi connectivity index (χ4n) is 1.70. The summed E-state index contributed by atoms with van der Waals surface area (Å²) in [6.07, 6.45) is 0.981. The summed E-state index contributed by atoms with van der Waals surface area (Å²) in [7, 11) is 0. The normalized spacial score (nSPS) is 11.1. The first-order valence-corrected chi connectivity index (χ1v) is 5.91. The van der Waals surface area contributed by atoms with Gasteiger partial charge in [-0.25, -0.2) is 0 Å². The van der Waals surface area contributed by atoms with Crippen LogP contribution in [-0.2, 0) is 13.0 Å². The van der Waals surface area contributed by atoms with Gasteiger partial charge >= 0.3 is 0 Å². The molecule has 1 N–H and O–H groups in total. The Morgan fingerprint density at radius 3 is 2.79 bits per heavy atom. The number of hydrogen-bond donors (Lipinski definition) is 2. The van der Waals surface area contributed by atoms with Gasteiger partial charge in [0.25, 0.3) is 0 Å². The van der Waals surface area contributed by atoms with Gasteiger partial charge in [0.15, 0.2) is 0 Å². The molecular formula is C11H12OS2. The van der Waals surface area contributed by atoms with Gasteiger partial charge in [-0.1, -0.05) is 6.92 Å². The van der Waals surface area contributed by atoms with Crippen LogP contribution in [0.1, 0.15) is 18.1 Å². The zero-order valence-electron chi connectivity index (χ0n) is 7.95. The molecule has 0 atom stereocenters. The number of aliphatic hydroxyl groups is 1. The number of thiophene rings is 1. The monoisotopic (exact) mass is 224 g/mol. The van der Waals surface area contributed by atoms with Crippen molar-refractivity contribution in [2.75, 3.05) is 0 Å². The maximum absolute atomic E-state index is 9.20. The lowest BCUT2D eigenvalue weighted by molar-refractivity contribution is 0.283. The zero-order valence-corrected chi connectivity index (χ0v) is 9.66. The molecule has 0 bridgehead atoms. The molecule has 3 heteroatoms. The Bertz CT molecular complexity index is 460. The van der Waals surface area contributed by atoms with Gasteiger partial charge in [0.05, 0.1) is 6.61 Å². The Hall–Kier alpha value is -0.510. The predicted molar refractivity (Wildman–Crippen MR) is 64.4 cm³/mol. The molecule has 0 fully saturated rings. The zero-order chi connectivity index (χ0) is 10.1. The average Bonchev–Trinajstić information content (AvgIpc) is 2.59. The lowest BCUT2D eigenvalue weighted by atomic mass is 10.0. The first-order valence-electron chi connectivity index (χ1n) is 4.59. The van der Waals surface area contributed by atoms with E-state index < -0.39 is 0 Å². The third-order valence-corrected chi connectivity index (χ3v) is 3.61. The maximum Gasteiger partial charge on any atom is 0.0696 e. The van der Waals surface area contributed by atoms with Crippen LogP contribution in [0.3, 0.4) is 0 Å². The Balaban J connectivity index is 2.78. The second-order valence-electron chi connectivity index (χ2n) is 3.25. The molecule has 0 amide bonds. The summed E-state index contributed by atoms with van der Waals surface area (Å²) < 4.78 is 1.22. The van der Waals surface area contributed by atoms with Gasteiger partial charge in [0.2, 0.25) is 0 Å². The van der Waals surface area contributed by atoms with E-state index in [0.29, 0.717) is 0 Å². The molecule has 0 unspecified atom stereocenters. The topological polar surface area (TPSA) is 20.2 Å². The first-order chi connectivity index (χ1) is 6.76. The minimum Gasteiger partial charge on any atom is -0.392 e. The number of fused-ring (bicyclic) bond motifs is 1. The first kappa shape index (κ1) is 10.0. The van der Waals surface area contributed by atoms with E-state index in [-0.39, 0.29) is 6.61 Å².